The van der Waals surface area contributed by atoms with Crippen molar-refractivity contribution in [3.63, 3.8) is 0 Å². The van der Waals surface area contributed by atoms with Crippen LogP contribution in [0.5, 0.6) is 0 Å². The van der Waals surface area contributed by atoms with E-state index in [1.54, 1.807) is 36.7 Å². The Morgan fingerprint density at radius 2 is 1.47 bits per heavy atom. The zero-order valence-corrected chi connectivity index (χ0v) is 8.92. The van der Waals surface area contributed by atoms with Gasteiger partial charge in [-0.25, -0.2) is 4.79 Å². The Labute approximate surface area is 98.8 Å². The molecule has 0 aliphatic rings. The molecule has 3 heteroatoms. The number of hydrogen-bond donors (Lipinski definition) is 1. The van der Waals surface area contributed by atoms with E-state index in [0.29, 0.717) is 0 Å². The van der Waals surface area contributed by atoms with Crippen molar-refractivity contribution in [1.29, 1.82) is 0 Å². The predicted molar refractivity (Wildman–Crippen MR) is 63.6 cm³/mol. The number of aromatic nitrogens is 1. The highest BCUT2D eigenvalue weighted by Gasteiger charge is 1.99. The second-order valence-corrected chi connectivity index (χ2v) is 3.37. The minimum Gasteiger partial charge on any atom is -0.478 e. The molecule has 3 nitrogen and oxygen atoms in total. The fourth-order valence-electron chi connectivity index (χ4n) is 1.28. The summed E-state index contributed by atoms with van der Waals surface area (Å²) in [5.41, 5.74) is 1.92. The Morgan fingerprint density at radius 1 is 0.941 bits per heavy atom. The molecule has 0 amide bonds. The molecule has 0 radical (unpaired) electrons. The van der Waals surface area contributed by atoms with Crippen molar-refractivity contribution in [1.82, 2.24) is 4.98 Å². The highest BCUT2D eigenvalue weighted by atomic mass is 16.4. The second-order valence-electron chi connectivity index (χ2n) is 3.37. The van der Waals surface area contributed by atoms with Crippen LogP contribution in [0.3, 0.4) is 0 Å². The molecule has 0 bridgehead atoms. The zero-order valence-electron chi connectivity index (χ0n) is 8.92. The van der Waals surface area contributed by atoms with E-state index >= 15 is 0 Å². The molecule has 82 valence electrons. The maximum absolute atomic E-state index is 10.6. The summed E-state index contributed by atoms with van der Waals surface area (Å²) in [6, 6.07) is 10.1. The quantitative estimate of drug-likeness (QED) is 0.754. The van der Waals surface area contributed by atoms with Crippen molar-refractivity contribution in [3.8, 4) is 11.8 Å². The van der Waals surface area contributed by atoms with Gasteiger partial charge in [0.05, 0.1) is 5.56 Å². The molecule has 0 unspecified atom stereocenters. The fraction of sp³-hybridized carbons (Fsp3) is 0. The van der Waals surface area contributed by atoms with E-state index in [-0.39, 0.29) is 5.56 Å². The molecule has 0 spiro atoms. The lowest BCUT2D eigenvalue weighted by molar-refractivity contribution is 0.0697. The first-order chi connectivity index (χ1) is 8.25. The lowest BCUT2D eigenvalue weighted by Crippen LogP contribution is -1.94. The molecular weight excluding hydrogens is 214 g/mol. The van der Waals surface area contributed by atoms with Crippen molar-refractivity contribution in [3.05, 3.63) is 65.5 Å². The average molecular weight is 223 g/mol. The number of carbonyl (C=O) groups is 1. The molecule has 0 saturated carbocycles. The summed E-state index contributed by atoms with van der Waals surface area (Å²) in [5.74, 6) is 5.00. The molecule has 2 rings (SSSR count). The maximum Gasteiger partial charge on any atom is 0.335 e. The Hall–Kier alpha value is -2.60. The van der Waals surface area contributed by atoms with Gasteiger partial charge in [-0.05, 0) is 36.4 Å². The van der Waals surface area contributed by atoms with E-state index in [1.165, 1.54) is 0 Å². The number of rotatable bonds is 1. The topological polar surface area (TPSA) is 50.2 Å². The van der Waals surface area contributed by atoms with Crippen LogP contribution in [-0.2, 0) is 0 Å². The number of carboxylic acids is 1. The summed E-state index contributed by atoms with van der Waals surface area (Å²) in [7, 11) is 0. The maximum atomic E-state index is 10.6. The molecule has 0 aliphatic heterocycles. The van der Waals surface area contributed by atoms with Crippen LogP contribution in [0, 0.1) is 11.8 Å². The zero-order chi connectivity index (χ0) is 12.1. The monoisotopic (exact) mass is 223 g/mol. The fourth-order valence-corrected chi connectivity index (χ4v) is 1.28. The third-order valence-electron chi connectivity index (χ3n) is 2.16. The summed E-state index contributed by atoms with van der Waals surface area (Å²) in [6.07, 6.45) is 3.36. The summed E-state index contributed by atoms with van der Waals surface area (Å²) in [5, 5.41) is 8.74. The molecule has 1 heterocycles. The lowest BCUT2D eigenvalue weighted by Gasteiger charge is -1.93. The lowest BCUT2D eigenvalue weighted by atomic mass is 10.1. The van der Waals surface area contributed by atoms with Crippen molar-refractivity contribution in [2.75, 3.05) is 0 Å². The van der Waals surface area contributed by atoms with Crippen LogP contribution in [0.1, 0.15) is 21.5 Å². The van der Waals surface area contributed by atoms with Crippen molar-refractivity contribution < 1.29 is 9.90 Å². The number of aromatic carboxylic acids is 1. The first kappa shape index (κ1) is 10.9. The Morgan fingerprint density at radius 3 is 2.00 bits per heavy atom. The van der Waals surface area contributed by atoms with E-state index < -0.39 is 5.97 Å². The van der Waals surface area contributed by atoms with Gasteiger partial charge >= 0.3 is 5.97 Å². The van der Waals surface area contributed by atoms with Crippen LogP contribution in [0.25, 0.3) is 0 Å². The highest BCUT2D eigenvalue weighted by Crippen LogP contribution is 2.03. The Bertz CT molecular complexity index is 577. The van der Waals surface area contributed by atoms with Gasteiger partial charge in [-0.2, -0.15) is 0 Å². The van der Waals surface area contributed by atoms with Gasteiger partial charge < -0.3 is 5.11 Å². The standard InChI is InChI=1S/C14H9NO2/c16-14(17)13-5-3-11(4-6-13)1-2-12-7-9-15-10-8-12/h3-10H,(H,16,17). The minimum atomic E-state index is -0.932. The van der Waals surface area contributed by atoms with E-state index in [0.717, 1.165) is 11.1 Å². The molecule has 17 heavy (non-hydrogen) atoms. The summed E-state index contributed by atoms with van der Waals surface area (Å²) >= 11 is 0. The number of benzene rings is 1. The third kappa shape index (κ3) is 2.93. The van der Waals surface area contributed by atoms with Gasteiger partial charge in [-0.15, -0.1) is 0 Å². The van der Waals surface area contributed by atoms with Crippen LogP contribution < -0.4 is 0 Å². The van der Waals surface area contributed by atoms with Gasteiger partial charge in [0.2, 0.25) is 0 Å². The Kier molecular flexibility index (Phi) is 3.18. The van der Waals surface area contributed by atoms with Gasteiger partial charge in [0.15, 0.2) is 0 Å². The minimum absolute atomic E-state index is 0.263. The van der Waals surface area contributed by atoms with Crippen LogP contribution in [0.4, 0.5) is 0 Å². The van der Waals surface area contributed by atoms with Gasteiger partial charge in [0.25, 0.3) is 0 Å². The van der Waals surface area contributed by atoms with Crippen LogP contribution in [0.2, 0.25) is 0 Å². The smallest absolute Gasteiger partial charge is 0.335 e. The molecule has 1 N–H and O–H groups in total. The summed E-state index contributed by atoms with van der Waals surface area (Å²) < 4.78 is 0. The SMILES string of the molecule is O=C(O)c1ccc(C#Cc2ccncc2)cc1. The van der Waals surface area contributed by atoms with E-state index in [9.17, 15) is 4.79 Å². The molecular formula is C14H9NO2. The second kappa shape index (κ2) is 4.95. The van der Waals surface area contributed by atoms with Crippen LogP contribution in [0.15, 0.2) is 48.8 Å². The van der Waals surface area contributed by atoms with Gasteiger partial charge in [0.1, 0.15) is 0 Å². The molecule has 2 aromatic rings. The molecule has 1 aromatic heterocycles. The molecule has 0 saturated heterocycles. The first-order valence-electron chi connectivity index (χ1n) is 5.01. The number of carboxylic acid groups (broad SMARTS) is 1. The summed E-state index contributed by atoms with van der Waals surface area (Å²) in [6.45, 7) is 0. The number of nitrogens with zero attached hydrogens (tertiary/aromatic N) is 1. The third-order valence-corrected chi connectivity index (χ3v) is 2.16. The van der Waals surface area contributed by atoms with Crippen molar-refractivity contribution in [2.24, 2.45) is 0 Å². The number of pyridine rings is 1. The normalized spacial score (nSPS) is 9.18. The van der Waals surface area contributed by atoms with E-state index in [4.69, 9.17) is 5.11 Å². The van der Waals surface area contributed by atoms with Gasteiger partial charge in [-0.1, -0.05) is 11.8 Å². The molecule has 1 aromatic carbocycles. The Balaban J connectivity index is 2.20. The predicted octanol–water partition coefficient (Wildman–Crippen LogP) is 2.18. The summed E-state index contributed by atoms with van der Waals surface area (Å²) in [4.78, 5) is 14.5. The van der Waals surface area contributed by atoms with E-state index in [2.05, 4.69) is 16.8 Å². The molecule has 0 aliphatic carbocycles. The number of hydrogen-bond acceptors (Lipinski definition) is 2. The van der Waals surface area contributed by atoms with Crippen LogP contribution in [-0.4, -0.2) is 16.1 Å². The highest BCUT2D eigenvalue weighted by molar-refractivity contribution is 5.87. The largest absolute Gasteiger partial charge is 0.478 e. The van der Waals surface area contributed by atoms with Crippen molar-refractivity contribution >= 4 is 5.97 Å². The molecule has 0 atom stereocenters. The van der Waals surface area contributed by atoms with Crippen LogP contribution >= 0.6 is 0 Å². The first-order valence-corrected chi connectivity index (χ1v) is 5.01. The van der Waals surface area contributed by atoms with Gasteiger partial charge in [0, 0.05) is 23.5 Å². The average Bonchev–Trinajstić information content (AvgIpc) is 2.38. The van der Waals surface area contributed by atoms with E-state index in [1.807, 2.05) is 12.1 Å². The van der Waals surface area contributed by atoms with Gasteiger partial charge in [-0.3, -0.25) is 4.98 Å². The molecule has 0 fully saturated rings. The van der Waals surface area contributed by atoms with Crippen molar-refractivity contribution in [2.45, 2.75) is 0 Å².